The molecule has 0 aliphatic carbocycles. The summed E-state index contributed by atoms with van der Waals surface area (Å²) in [5.74, 6) is 0.356. The topological polar surface area (TPSA) is 97.1 Å². The Balaban J connectivity index is 2.36. The maximum absolute atomic E-state index is 12.1. The lowest BCUT2D eigenvalue weighted by molar-refractivity contribution is 0.429. The van der Waals surface area contributed by atoms with Gasteiger partial charge in [0, 0.05) is 7.05 Å². The van der Waals surface area contributed by atoms with Crippen LogP contribution in [0.4, 0.5) is 11.7 Å². The number of sulfonamides is 1. The molecule has 0 unspecified atom stereocenters. The third kappa shape index (κ3) is 2.43. The maximum atomic E-state index is 12.1. The van der Waals surface area contributed by atoms with Gasteiger partial charge in [-0.2, -0.15) is 4.98 Å². The Hall–Kier alpha value is -2.09. The molecule has 0 aliphatic rings. The van der Waals surface area contributed by atoms with Crippen LogP contribution in [-0.2, 0) is 10.0 Å². The van der Waals surface area contributed by atoms with Gasteiger partial charge in [0.2, 0.25) is 0 Å². The van der Waals surface area contributed by atoms with Crippen LogP contribution in [-0.4, -0.2) is 25.6 Å². The number of hydrogen-bond acceptors (Lipinski definition) is 6. The molecule has 0 saturated heterocycles. The first kappa shape index (κ1) is 12.4. The Labute approximate surface area is 104 Å². The Kier molecular flexibility index (Phi) is 3.19. The van der Waals surface area contributed by atoms with Crippen molar-refractivity contribution < 1.29 is 12.9 Å². The largest absolute Gasteiger partial charge is 0.387 e. The molecule has 0 aliphatic heterocycles. The van der Waals surface area contributed by atoms with Gasteiger partial charge in [0.15, 0.2) is 5.82 Å². The van der Waals surface area contributed by atoms with Crippen molar-refractivity contribution in [3.05, 3.63) is 30.1 Å². The summed E-state index contributed by atoms with van der Waals surface area (Å²) in [5.41, 5.74) is 0.487. The molecule has 0 saturated carbocycles. The second kappa shape index (κ2) is 4.65. The minimum atomic E-state index is -3.75. The van der Waals surface area contributed by atoms with Gasteiger partial charge in [0.1, 0.15) is 4.90 Å². The predicted octanol–water partition coefficient (Wildman–Crippen LogP) is 1.22. The molecular weight excluding hydrogens is 256 g/mol. The second-order valence-electron chi connectivity index (χ2n) is 3.50. The summed E-state index contributed by atoms with van der Waals surface area (Å²) in [6, 6.07) is 6.36. The molecule has 0 fully saturated rings. The van der Waals surface area contributed by atoms with E-state index in [9.17, 15) is 8.42 Å². The van der Waals surface area contributed by atoms with E-state index in [1.54, 1.807) is 32.2 Å². The smallest absolute Gasteiger partial charge is 0.335 e. The summed E-state index contributed by atoms with van der Waals surface area (Å²) in [6.07, 6.45) is 0. The zero-order chi connectivity index (χ0) is 13.2. The number of hydrogen-bond donors (Lipinski definition) is 2. The lowest BCUT2D eigenvalue weighted by Crippen LogP contribution is -2.14. The van der Waals surface area contributed by atoms with Crippen LogP contribution in [0.2, 0.25) is 0 Å². The predicted molar refractivity (Wildman–Crippen MR) is 65.8 cm³/mol. The van der Waals surface area contributed by atoms with Crippen LogP contribution in [0.3, 0.4) is 0 Å². The zero-order valence-electron chi connectivity index (χ0n) is 9.84. The highest BCUT2D eigenvalue weighted by atomic mass is 32.2. The Bertz CT molecular complexity index is 651. The van der Waals surface area contributed by atoms with Crippen LogP contribution < -0.4 is 10.0 Å². The highest BCUT2D eigenvalue weighted by Crippen LogP contribution is 2.22. The van der Waals surface area contributed by atoms with E-state index in [1.807, 2.05) is 0 Å². The first-order chi connectivity index (χ1) is 8.53. The summed E-state index contributed by atoms with van der Waals surface area (Å²) >= 11 is 0. The lowest BCUT2D eigenvalue weighted by atomic mass is 10.3. The number of para-hydroxylation sites is 1. The van der Waals surface area contributed by atoms with E-state index in [2.05, 4.69) is 20.2 Å². The van der Waals surface area contributed by atoms with Crippen molar-refractivity contribution in [3.63, 3.8) is 0 Å². The average Bonchev–Trinajstić information content (AvgIpc) is 2.74. The van der Waals surface area contributed by atoms with Crippen LogP contribution >= 0.6 is 0 Å². The molecule has 1 aromatic carbocycles. The van der Waals surface area contributed by atoms with Crippen molar-refractivity contribution in [1.29, 1.82) is 0 Å². The fourth-order valence-electron chi connectivity index (χ4n) is 1.42. The number of nitrogens with zero attached hydrogens (tertiary/aromatic N) is 2. The highest BCUT2D eigenvalue weighted by Gasteiger charge is 2.20. The number of rotatable bonds is 4. The maximum Gasteiger partial charge on any atom is 0.335 e. The van der Waals surface area contributed by atoms with Crippen molar-refractivity contribution in [2.75, 3.05) is 17.1 Å². The number of nitrogens with one attached hydrogen (secondary N) is 2. The minimum Gasteiger partial charge on any atom is -0.387 e. The Morgan fingerprint density at radius 1 is 1.28 bits per heavy atom. The molecule has 96 valence electrons. The molecule has 0 amide bonds. The number of aromatic nitrogens is 2. The third-order valence-electron chi connectivity index (χ3n) is 2.20. The zero-order valence-corrected chi connectivity index (χ0v) is 10.7. The molecule has 2 N–H and O–H groups in total. The number of aryl methyl sites for hydroxylation is 1. The van der Waals surface area contributed by atoms with E-state index in [1.165, 1.54) is 6.07 Å². The van der Waals surface area contributed by atoms with Gasteiger partial charge in [-0.1, -0.05) is 17.3 Å². The van der Waals surface area contributed by atoms with Gasteiger partial charge in [-0.15, -0.1) is 0 Å². The first-order valence-corrected chi connectivity index (χ1v) is 6.61. The SMILES string of the molecule is CNc1ccccc1S(=O)(=O)Nc1nc(C)no1. The van der Waals surface area contributed by atoms with Crippen LogP contribution in [0, 0.1) is 6.92 Å². The molecular formula is C10H12N4O3S. The normalized spacial score (nSPS) is 11.2. The van der Waals surface area contributed by atoms with Crippen LogP contribution in [0.25, 0.3) is 0 Å². The molecule has 18 heavy (non-hydrogen) atoms. The standard InChI is InChI=1S/C10H12N4O3S/c1-7-12-10(17-13-7)14-18(15,16)9-6-4-3-5-8(9)11-2/h3-6,11H,1-2H3,(H,12,13,14). The third-order valence-corrected chi connectivity index (χ3v) is 3.57. The quantitative estimate of drug-likeness (QED) is 0.865. The van der Waals surface area contributed by atoms with E-state index in [-0.39, 0.29) is 10.9 Å². The van der Waals surface area contributed by atoms with Gasteiger partial charge in [0.25, 0.3) is 10.0 Å². The van der Waals surface area contributed by atoms with E-state index in [4.69, 9.17) is 4.52 Å². The van der Waals surface area contributed by atoms with Crippen molar-refractivity contribution in [2.45, 2.75) is 11.8 Å². The molecule has 8 heteroatoms. The fraction of sp³-hybridized carbons (Fsp3) is 0.200. The summed E-state index contributed by atoms with van der Waals surface area (Å²) < 4.78 is 31.2. The van der Waals surface area contributed by atoms with Gasteiger partial charge < -0.3 is 9.84 Å². The fourth-order valence-corrected chi connectivity index (χ4v) is 2.56. The van der Waals surface area contributed by atoms with E-state index in [0.717, 1.165) is 0 Å². The summed E-state index contributed by atoms with van der Waals surface area (Å²) in [7, 11) is -2.11. The van der Waals surface area contributed by atoms with Crippen LogP contribution in [0.1, 0.15) is 5.82 Å². The van der Waals surface area contributed by atoms with Crippen LogP contribution in [0.5, 0.6) is 0 Å². The van der Waals surface area contributed by atoms with Gasteiger partial charge in [-0.3, -0.25) is 0 Å². The molecule has 0 bridgehead atoms. The van der Waals surface area contributed by atoms with Crippen molar-refractivity contribution >= 4 is 21.7 Å². The molecule has 0 atom stereocenters. The number of benzene rings is 1. The monoisotopic (exact) mass is 268 g/mol. The molecule has 7 nitrogen and oxygen atoms in total. The highest BCUT2D eigenvalue weighted by molar-refractivity contribution is 7.92. The minimum absolute atomic E-state index is 0.114. The van der Waals surface area contributed by atoms with E-state index < -0.39 is 10.0 Å². The molecule has 1 heterocycles. The molecule has 2 rings (SSSR count). The van der Waals surface area contributed by atoms with Crippen LogP contribution in [0.15, 0.2) is 33.7 Å². The summed E-state index contributed by atoms with van der Waals surface area (Å²) in [4.78, 5) is 3.90. The van der Waals surface area contributed by atoms with E-state index >= 15 is 0 Å². The summed E-state index contributed by atoms with van der Waals surface area (Å²) in [5, 5.41) is 6.32. The van der Waals surface area contributed by atoms with Crippen molar-refractivity contribution in [1.82, 2.24) is 10.1 Å². The average molecular weight is 268 g/mol. The first-order valence-electron chi connectivity index (χ1n) is 5.13. The number of anilines is 2. The summed E-state index contributed by atoms with van der Waals surface area (Å²) in [6.45, 7) is 1.60. The van der Waals surface area contributed by atoms with Crippen molar-refractivity contribution in [2.24, 2.45) is 0 Å². The Morgan fingerprint density at radius 3 is 2.61 bits per heavy atom. The van der Waals surface area contributed by atoms with Gasteiger partial charge in [-0.25, -0.2) is 13.1 Å². The van der Waals surface area contributed by atoms with Crippen molar-refractivity contribution in [3.8, 4) is 0 Å². The molecule has 2 aromatic rings. The lowest BCUT2D eigenvalue weighted by Gasteiger charge is -2.09. The van der Waals surface area contributed by atoms with Gasteiger partial charge in [0.05, 0.1) is 5.69 Å². The van der Waals surface area contributed by atoms with E-state index in [0.29, 0.717) is 11.5 Å². The van der Waals surface area contributed by atoms with Gasteiger partial charge >= 0.3 is 6.01 Å². The molecule has 0 spiro atoms. The Morgan fingerprint density at radius 2 is 2.00 bits per heavy atom. The molecule has 1 aromatic heterocycles. The molecule has 0 radical (unpaired) electrons. The van der Waals surface area contributed by atoms with Gasteiger partial charge in [-0.05, 0) is 19.1 Å². The second-order valence-corrected chi connectivity index (χ2v) is 5.15.